The quantitative estimate of drug-likeness (QED) is 0.842. The average molecular weight is 219 g/mol. The van der Waals surface area contributed by atoms with E-state index in [1.165, 1.54) is 11.1 Å². The van der Waals surface area contributed by atoms with Crippen LogP contribution in [0, 0.1) is 6.92 Å². The zero-order chi connectivity index (χ0) is 11.4. The first-order valence-corrected chi connectivity index (χ1v) is 6.14. The highest BCUT2D eigenvalue weighted by Gasteiger charge is 2.17. The van der Waals surface area contributed by atoms with Gasteiger partial charge in [0, 0.05) is 12.6 Å². The predicted octanol–water partition coefficient (Wildman–Crippen LogP) is 2.30. The van der Waals surface area contributed by atoms with Crippen LogP contribution in [0.4, 0.5) is 0 Å². The lowest BCUT2D eigenvalue weighted by Gasteiger charge is -2.28. The van der Waals surface area contributed by atoms with Gasteiger partial charge in [-0.1, -0.05) is 29.8 Å². The standard InChI is InChI=1S/C14H21NO/c1-11-4-3-5-13(8-11)6-7-14-10-16-12(2)9-15-14/h3-5,8,12,14-15H,6-7,9-10H2,1-2H3. The van der Waals surface area contributed by atoms with Crippen LogP contribution in [-0.2, 0) is 11.2 Å². The van der Waals surface area contributed by atoms with Crippen molar-refractivity contribution in [3.63, 3.8) is 0 Å². The number of ether oxygens (including phenoxy) is 1. The Bertz CT molecular complexity index is 329. The van der Waals surface area contributed by atoms with Crippen LogP contribution < -0.4 is 5.32 Å². The molecule has 2 heteroatoms. The van der Waals surface area contributed by atoms with Crippen molar-refractivity contribution in [1.82, 2.24) is 5.32 Å². The molecule has 2 nitrogen and oxygen atoms in total. The molecular weight excluding hydrogens is 198 g/mol. The van der Waals surface area contributed by atoms with Crippen molar-refractivity contribution in [2.24, 2.45) is 0 Å². The molecule has 1 heterocycles. The van der Waals surface area contributed by atoms with Gasteiger partial charge >= 0.3 is 0 Å². The molecule has 2 atom stereocenters. The van der Waals surface area contributed by atoms with Crippen molar-refractivity contribution >= 4 is 0 Å². The molecule has 1 N–H and O–H groups in total. The third-order valence-electron chi connectivity index (χ3n) is 3.14. The van der Waals surface area contributed by atoms with Crippen LogP contribution in [0.25, 0.3) is 0 Å². The summed E-state index contributed by atoms with van der Waals surface area (Å²) >= 11 is 0. The van der Waals surface area contributed by atoms with Crippen LogP contribution in [0.15, 0.2) is 24.3 Å². The van der Waals surface area contributed by atoms with Crippen molar-refractivity contribution in [3.8, 4) is 0 Å². The summed E-state index contributed by atoms with van der Waals surface area (Å²) in [6.07, 6.45) is 2.67. The molecule has 0 radical (unpaired) electrons. The van der Waals surface area contributed by atoms with Gasteiger partial charge in [-0.05, 0) is 32.3 Å². The minimum absolute atomic E-state index is 0.371. The number of nitrogens with one attached hydrogen (secondary N) is 1. The molecular formula is C14H21NO. The predicted molar refractivity (Wildman–Crippen MR) is 66.7 cm³/mol. The van der Waals surface area contributed by atoms with Crippen molar-refractivity contribution in [1.29, 1.82) is 0 Å². The van der Waals surface area contributed by atoms with E-state index in [2.05, 4.69) is 43.4 Å². The summed E-state index contributed by atoms with van der Waals surface area (Å²) in [6.45, 7) is 6.10. The number of aryl methyl sites for hydroxylation is 2. The Morgan fingerprint density at radius 3 is 3.00 bits per heavy atom. The van der Waals surface area contributed by atoms with E-state index in [1.54, 1.807) is 0 Å². The molecule has 0 aromatic heterocycles. The first-order chi connectivity index (χ1) is 7.74. The number of hydrogen-bond donors (Lipinski definition) is 1. The molecule has 1 saturated heterocycles. The highest BCUT2D eigenvalue weighted by atomic mass is 16.5. The molecule has 1 aliphatic heterocycles. The van der Waals surface area contributed by atoms with E-state index < -0.39 is 0 Å². The summed E-state index contributed by atoms with van der Waals surface area (Å²) in [5, 5.41) is 3.53. The van der Waals surface area contributed by atoms with Gasteiger partial charge in [-0.25, -0.2) is 0 Å². The van der Waals surface area contributed by atoms with Crippen LogP contribution in [0.3, 0.4) is 0 Å². The van der Waals surface area contributed by atoms with Gasteiger partial charge in [0.2, 0.25) is 0 Å². The molecule has 0 aliphatic carbocycles. The summed E-state index contributed by atoms with van der Waals surface area (Å²) in [7, 11) is 0. The maximum absolute atomic E-state index is 5.64. The van der Waals surface area contributed by atoms with Gasteiger partial charge < -0.3 is 10.1 Å². The molecule has 0 amide bonds. The van der Waals surface area contributed by atoms with E-state index in [1.807, 2.05) is 0 Å². The highest BCUT2D eigenvalue weighted by Crippen LogP contribution is 2.10. The van der Waals surface area contributed by atoms with Crippen molar-refractivity contribution in [3.05, 3.63) is 35.4 Å². The third kappa shape index (κ3) is 3.32. The lowest BCUT2D eigenvalue weighted by molar-refractivity contribution is 0.0136. The average Bonchev–Trinajstić information content (AvgIpc) is 2.28. The van der Waals surface area contributed by atoms with Gasteiger partial charge in [-0.15, -0.1) is 0 Å². The van der Waals surface area contributed by atoms with Crippen LogP contribution in [-0.4, -0.2) is 25.3 Å². The van der Waals surface area contributed by atoms with Crippen LogP contribution in [0.5, 0.6) is 0 Å². The van der Waals surface area contributed by atoms with Gasteiger partial charge in [0.1, 0.15) is 0 Å². The number of morpholine rings is 1. The summed E-state index contributed by atoms with van der Waals surface area (Å²) in [5.41, 5.74) is 2.78. The highest BCUT2D eigenvalue weighted by molar-refractivity contribution is 5.22. The van der Waals surface area contributed by atoms with Gasteiger partial charge in [0.15, 0.2) is 0 Å². The Kier molecular flexibility index (Phi) is 3.97. The second-order valence-electron chi connectivity index (χ2n) is 4.78. The number of benzene rings is 1. The van der Waals surface area contributed by atoms with Gasteiger partial charge in [-0.3, -0.25) is 0 Å². The minimum Gasteiger partial charge on any atom is -0.376 e. The van der Waals surface area contributed by atoms with Crippen molar-refractivity contribution in [2.45, 2.75) is 38.8 Å². The lowest BCUT2D eigenvalue weighted by atomic mass is 10.0. The molecule has 1 aliphatic rings. The van der Waals surface area contributed by atoms with E-state index in [9.17, 15) is 0 Å². The smallest absolute Gasteiger partial charge is 0.0672 e. The summed E-state index contributed by atoms with van der Waals surface area (Å²) in [6, 6.07) is 9.28. The Morgan fingerprint density at radius 2 is 2.31 bits per heavy atom. The van der Waals surface area contributed by atoms with Crippen molar-refractivity contribution < 1.29 is 4.74 Å². The molecule has 88 valence electrons. The molecule has 1 fully saturated rings. The first-order valence-electron chi connectivity index (χ1n) is 6.14. The largest absolute Gasteiger partial charge is 0.376 e. The Balaban J connectivity index is 1.79. The fourth-order valence-electron chi connectivity index (χ4n) is 2.12. The monoisotopic (exact) mass is 219 g/mol. The SMILES string of the molecule is Cc1cccc(CCC2COC(C)CN2)c1. The molecule has 0 spiro atoms. The van der Waals surface area contributed by atoms with Crippen LogP contribution >= 0.6 is 0 Å². The Hall–Kier alpha value is -0.860. The number of rotatable bonds is 3. The first kappa shape index (κ1) is 11.6. The fourth-order valence-corrected chi connectivity index (χ4v) is 2.12. The van der Waals surface area contributed by atoms with E-state index >= 15 is 0 Å². The maximum atomic E-state index is 5.64. The van der Waals surface area contributed by atoms with Gasteiger partial charge in [-0.2, -0.15) is 0 Å². The molecule has 1 aromatic rings. The van der Waals surface area contributed by atoms with Gasteiger partial charge in [0.05, 0.1) is 12.7 Å². The van der Waals surface area contributed by atoms with E-state index in [4.69, 9.17) is 4.74 Å². The summed E-state index contributed by atoms with van der Waals surface area (Å²) in [5.74, 6) is 0. The van der Waals surface area contributed by atoms with Crippen LogP contribution in [0.1, 0.15) is 24.5 Å². The molecule has 2 unspecified atom stereocenters. The molecule has 1 aromatic carbocycles. The van der Waals surface area contributed by atoms with Crippen LogP contribution in [0.2, 0.25) is 0 Å². The van der Waals surface area contributed by atoms with E-state index in [-0.39, 0.29) is 0 Å². The molecule has 16 heavy (non-hydrogen) atoms. The third-order valence-corrected chi connectivity index (χ3v) is 3.14. The molecule has 0 saturated carbocycles. The maximum Gasteiger partial charge on any atom is 0.0672 e. The normalized spacial score (nSPS) is 25.6. The zero-order valence-corrected chi connectivity index (χ0v) is 10.2. The van der Waals surface area contributed by atoms with E-state index in [0.717, 1.165) is 26.0 Å². The molecule has 0 bridgehead atoms. The number of hydrogen-bond acceptors (Lipinski definition) is 2. The lowest BCUT2D eigenvalue weighted by Crippen LogP contribution is -2.45. The van der Waals surface area contributed by atoms with E-state index in [0.29, 0.717) is 12.1 Å². The van der Waals surface area contributed by atoms with Crippen molar-refractivity contribution in [2.75, 3.05) is 13.2 Å². The summed E-state index contributed by atoms with van der Waals surface area (Å²) < 4.78 is 5.64. The minimum atomic E-state index is 0.371. The second-order valence-corrected chi connectivity index (χ2v) is 4.78. The topological polar surface area (TPSA) is 21.3 Å². The van der Waals surface area contributed by atoms with Gasteiger partial charge in [0.25, 0.3) is 0 Å². The Labute approximate surface area is 98.0 Å². The zero-order valence-electron chi connectivity index (χ0n) is 10.2. The summed E-state index contributed by atoms with van der Waals surface area (Å²) in [4.78, 5) is 0. The fraction of sp³-hybridized carbons (Fsp3) is 0.571. The Morgan fingerprint density at radius 1 is 1.44 bits per heavy atom. The molecule has 2 rings (SSSR count). The second kappa shape index (κ2) is 5.46.